The maximum absolute atomic E-state index is 13.1. The summed E-state index contributed by atoms with van der Waals surface area (Å²) in [7, 11) is 0. The highest BCUT2D eigenvalue weighted by Crippen LogP contribution is 2.22. The minimum atomic E-state index is -0.135. The van der Waals surface area contributed by atoms with Crippen LogP contribution in [0.25, 0.3) is 21.8 Å². The van der Waals surface area contributed by atoms with Crippen molar-refractivity contribution in [2.75, 3.05) is 12.3 Å². The minimum Gasteiger partial charge on any atom is -0.350 e. The second kappa shape index (κ2) is 10.1. The Hall–Kier alpha value is -3.91. The molecule has 0 fully saturated rings. The third-order valence-corrected chi connectivity index (χ3v) is 6.84. The lowest BCUT2D eigenvalue weighted by molar-refractivity contribution is 0.0949. The third kappa shape index (κ3) is 4.70. The lowest BCUT2D eigenvalue weighted by Gasteiger charge is -2.10. The molecular weight excluding hydrogens is 458 g/mol. The summed E-state index contributed by atoms with van der Waals surface area (Å²) in [6.07, 6.45) is 3.13. The van der Waals surface area contributed by atoms with E-state index in [-0.39, 0.29) is 11.5 Å². The van der Waals surface area contributed by atoms with Crippen LogP contribution in [-0.4, -0.2) is 37.5 Å². The van der Waals surface area contributed by atoms with Crippen molar-refractivity contribution in [3.63, 3.8) is 0 Å². The van der Waals surface area contributed by atoms with Crippen molar-refractivity contribution >= 4 is 39.5 Å². The molecule has 1 amide bonds. The maximum Gasteiger partial charge on any atom is 0.264 e. The molecule has 0 bridgehead atoms. The molecule has 0 radical (unpaired) electrons. The van der Waals surface area contributed by atoms with Crippen molar-refractivity contribution in [2.24, 2.45) is 0 Å². The molecule has 0 aliphatic carbocycles. The van der Waals surface area contributed by atoms with Gasteiger partial charge in [0.25, 0.3) is 11.5 Å². The molecule has 0 spiro atoms. The molecule has 2 aromatic heterocycles. The fourth-order valence-electron chi connectivity index (χ4n) is 4.19. The molecule has 0 unspecified atom stereocenters. The Labute approximate surface area is 206 Å². The zero-order valence-corrected chi connectivity index (χ0v) is 20.2. The van der Waals surface area contributed by atoms with Crippen LogP contribution < -0.4 is 10.9 Å². The maximum atomic E-state index is 13.1. The molecule has 0 saturated heterocycles. The normalized spacial score (nSPS) is 11.2. The van der Waals surface area contributed by atoms with Gasteiger partial charge >= 0.3 is 0 Å². The smallest absolute Gasteiger partial charge is 0.264 e. The topological polar surface area (TPSA) is 81.8 Å². The van der Waals surface area contributed by atoms with Crippen LogP contribution in [-0.2, 0) is 13.1 Å². The summed E-state index contributed by atoms with van der Waals surface area (Å²) < 4.78 is 3.27. The van der Waals surface area contributed by atoms with Crippen molar-refractivity contribution in [1.29, 1.82) is 0 Å². The van der Waals surface area contributed by atoms with Gasteiger partial charge in [-0.05, 0) is 34.2 Å². The SMILES string of the molecule is CCSc1ccccc1C(=O)NCCn1ncc2c(=O)n(Cc3cccc4ccccc34)cnc21. The van der Waals surface area contributed by atoms with Gasteiger partial charge in [0, 0.05) is 11.4 Å². The largest absolute Gasteiger partial charge is 0.350 e. The van der Waals surface area contributed by atoms with E-state index >= 15 is 0 Å². The van der Waals surface area contributed by atoms with Crippen LogP contribution in [0.1, 0.15) is 22.8 Å². The second-order valence-electron chi connectivity index (χ2n) is 8.11. The van der Waals surface area contributed by atoms with Crippen molar-refractivity contribution in [2.45, 2.75) is 24.9 Å². The van der Waals surface area contributed by atoms with E-state index in [2.05, 4.69) is 40.5 Å². The van der Waals surface area contributed by atoms with Gasteiger partial charge < -0.3 is 5.32 Å². The van der Waals surface area contributed by atoms with Crippen LogP contribution in [0.5, 0.6) is 0 Å². The molecule has 176 valence electrons. The predicted octanol–water partition coefficient (Wildman–Crippen LogP) is 4.34. The van der Waals surface area contributed by atoms with Gasteiger partial charge in [-0.1, -0.05) is 61.5 Å². The summed E-state index contributed by atoms with van der Waals surface area (Å²) in [5.41, 5.74) is 2.10. The summed E-state index contributed by atoms with van der Waals surface area (Å²) in [6.45, 7) is 3.28. The number of carbonyl (C=O) groups is 1. The molecule has 8 heteroatoms. The van der Waals surface area contributed by atoms with Crippen LogP contribution in [0.2, 0.25) is 0 Å². The number of carbonyl (C=O) groups excluding carboxylic acids is 1. The Morgan fingerprint density at radius 3 is 2.69 bits per heavy atom. The van der Waals surface area contributed by atoms with E-state index in [4.69, 9.17) is 0 Å². The van der Waals surface area contributed by atoms with Crippen LogP contribution in [0, 0.1) is 0 Å². The summed E-state index contributed by atoms with van der Waals surface area (Å²) >= 11 is 1.64. The number of aromatic nitrogens is 4. The number of nitrogens with zero attached hydrogens (tertiary/aromatic N) is 4. The highest BCUT2D eigenvalue weighted by molar-refractivity contribution is 7.99. The van der Waals surface area contributed by atoms with E-state index in [0.29, 0.717) is 36.2 Å². The summed E-state index contributed by atoms with van der Waals surface area (Å²) in [6, 6.07) is 21.8. The fourth-order valence-corrected chi connectivity index (χ4v) is 5.00. The molecule has 7 nitrogen and oxygen atoms in total. The first-order chi connectivity index (χ1) is 17.2. The molecule has 0 saturated carbocycles. The van der Waals surface area contributed by atoms with E-state index < -0.39 is 0 Å². The summed E-state index contributed by atoms with van der Waals surface area (Å²) in [5, 5.41) is 10.0. The lowest BCUT2D eigenvalue weighted by atomic mass is 10.0. The van der Waals surface area contributed by atoms with E-state index in [9.17, 15) is 9.59 Å². The van der Waals surface area contributed by atoms with Gasteiger partial charge in [0.15, 0.2) is 5.65 Å². The molecule has 0 aliphatic rings. The van der Waals surface area contributed by atoms with Gasteiger partial charge in [-0.25, -0.2) is 9.67 Å². The molecule has 35 heavy (non-hydrogen) atoms. The fraction of sp³-hybridized carbons (Fsp3) is 0.185. The number of benzene rings is 3. The van der Waals surface area contributed by atoms with Crippen molar-refractivity contribution in [3.05, 3.63) is 101 Å². The molecule has 5 aromatic rings. The molecule has 1 N–H and O–H groups in total. The minimum absolute atomic E-state index is 0.122. The number of fused-ring (bicyclic) bond motifs is 2. The Morgan fingerprint density at radius 2 is 1.80 bits per heavy atom. The van der Waals surface area contributed by atoms with Crippen molar-refractivity contribution in [1.82, 2.24) is 24.6 Å². The van der Waals surface area contributed by atoms with Crippen LogP contribution in [0.15, 0.2) is 88.9 Å². The first kappa shape index (κ1) is 22.9. The van der Waals surface area contributed by atoms with E-state index in [0.717, 1.165) is 27.0 Å². The molecule has 5 rings (SSSR count). The number of thioether (sulfide) groups is 1. The van der Waals surface area contributed by atoms with Gasteiger partial charge in [0.2, 0.25) is 0 Å². The number of hydrogen-bond donors (Lipinski definition) is 1. The van der Waals surface area contributed by atoms with Crippen LogP contribution in [0.3, 0.4) is 0 Å². The highest BCUT2D eigenvalue weighted by Gasteiger charge is 2.13. The van der Waals surface area contributed by atoms with Gasteiger partial charge in [-0.3, -0.25) is 14.2 Å². The van der Waals surface area contributed by atoms with Gasteiger partial charge in [-0.2, -0.15) is 5.10 Å². The molecule has 0 atom stereocenters. The van der Waals surface area contributed by atoms with Crippen molar-refractivity contribution in [3.8, 4) is 0 Å². The van der Waals surface area contributed by atoms with Gasteiger partial charge in [0.05, 0.1) is 24.8 Å². The first-order valence-electron chi connectivity index (χ1n) is 11.5. The Bertz CT molecular complexity index is 1570. The molecule has 0 aliphatic heterocycles. The number of nitrogens with one attached hydrogen (secondary N) is 1. The summed E-state index contributed by atoms with van der Waals surface area (Å²) in [4.78, 5) is 31.3. The molecular formula is C27H25N5O2S. The Morgan fingerprint density at radius 1 is 1.00 bits per heavy atom. The van der Waals surface area contributed by atoms with E-state index in [1.54, 1.807) is 33.5 Å². The molecule has 3 aromatic carbocycles. The average Bonchev–Trinajstić information content (AvgIpc) is 3.30. The number of hydrogen-bond acceptors (Lipinski definition) is 5. The molecule has 2 heterocycles. The average molecular weight is 484 g/mol. The summed E-state index contributed by atoms with van der Waals surface area (Å²) in [5.74, 6) is 0.774. The Kier molecular flexibility index (Phi) is 6.63. The van der Waals surface area contributed by atoms with Gasteiger partial charge in [-0.15, -0.1) is 11.8 Å². The lowest BCUT2D eigenvalue weighted by Crippen LogP contribution is -2.28. The number of amides is 1. The predicted molar refractivity (Wildman–Crippen MR) is 140 cm³/mol. The van der Waals surface area contributed by atoms with Gasteiger partial charge in [0.1, 0.15) is 11.7 Å². The zero-order chi connectivity index (χ0) is 24.2. The first-order valence-corrected chi connectivity index (χ1v) is 12.5. The van der Waals surface area contributed by atoms with E-state index in [1.807, 2.05) is 48.5 Å². The quantitative estimate of drug-likeness (QED) is 0.332. The zero-order valence-electron chi connectivity index (χ0n) is 19.3. The standard InChI is InChI=1S/C27H25N5O2S/c1-2-35-24-13-6-5-12-22(24)26(33)28-14-15-32-25-23(16-30-32)27(34)31(18-29-25)17-20-10-7-9-19-8-3-4-11-21(19)20/h3-13,16,18H,2,14-15,17H2,1H3,(H,28,33). The third-order valence-electron chi connectivity index (χ3n) is 5.88. The van der Waals surface area contributed by atoms with Crippen LogP contribution in [0.4, 0.5) is 0 Å². The van der Waals surface area contributed by atoms with E-state index in [1.165, 1.54) is 0 Å². The highest BCUT2D eigenvalue weighted by atomic mass is 32.2. The van der Waals surface area contributed by atoms with Crippen molar-refractivity contribution < 1.29 is 4.79 Å². The van der Waals surface area contributed by atoms with Crippen LogP contribution >= 0.6 is 11.8 Å². The second-order valence-corrected chi connectivity index (χ2v) is 9.41. The monoisotopic (exact) mass is 483 g/mol. The number of rotatable bonds is 8. The Balaban J connectivity index is 1.31.